The van der Waals surface area contributed by atoms with Crippen LogP contribution in [-0.4, -0.2) is 41.1 Å². The monoisotopic (exact) mass is 329 g/mol. The van der Waals surface area contributed by atoms with Gasteiger partial charge in [0.25, 0.3) is 5.91 Å². The summed E-state index contributed by atoms with van der Waals surface area (Å²) in [5.41, 5.74) is 1.33. The van der Waals surface area contributed by atoms with Crippen molar-refractivity contribution < 1.29 is 14.6 Å². The van der Waals surface area contributed by atoms with Crippen LogP contribution in [0.15, 0.2) is 36.5 Å². The molecule has 1 aliphatic carbocycles. The van der Waals surface area contributed by atoms with Crippen LogP contribution in [0.2, 0.25) is 0 Å². The summed E-state index contributed by atoms with van der Waals surface area (Å²) in [6, 6.07) is 9.19. The molecule has 2 N–H and O–H groups in total. The number of aliphatic hydroxyl groups excluding tert-OH is 1. The van der Waals surface area contributed by atoms with Gasteiger partial charge >= 0.3 is 0 Å². The quantitative estimate of drug-likeness (QED) is 0.816. The summed E-state index contributed by atoms with van der Waals surface area (Å²) < 4.78 is 6.80. The molecule has 1 aromatic heterocycles. The SMILES string of the molecule is COc1ccc(-n2ccc(C(=O)NCC3(CCO)CCC3)n2)cc1. The largest absolute Gasteiger partial charge is 0.497 e. The zero-order valence-electron chi connectivity index (χ0n) is 13.9. The summed E-state index contributed by atoms with van der Waals surface area (Å²) in [4.78, 5) is 12.3. The Morgan fingerprint density at radius 3 is 2.67 bits per heavy atom. The fourth-order valence-corrected chi connectivity index (χ4v) is 3.11. The number of hydrogen-bond donors (Lipinski definition) is 2. The van der Waals surface area contributed by atoms with Gasteiger partial charge in [0.15, 0.2) is 5.69 Å². The van der Waals surface area contributed by atoms with Gasteiger partial charge in [0.05, 0.1) is 12.8 Å². The van der Waals surface area contributed by atoms with Gasteiger partial charge in [-0.05, 0) is 55.0 Å². The molecule has 1 amide bonds. The van der Waals surface area contributed by atoms with Gasteiger partial charge in [-0.15, -0.1) is 0 Å². The van der Waals surface area contributed by atoms with Crippen LogP contribution in [0.1, 0.15) is 36.2 Å². The lowest BCUT2D eigenvalue weighted by atomic mass is 9.67. The van der Waals surface area contributed by atoms with E-state index in [2.05, 4.69) is 10.4 Å². The molecule has 1 saturated carbocycles. The molecular weight excluding hydrogens is 306 g/mol. The van der Waals surface area contributed by atoms with E-state index in [4.69, 9.17) is 4.74 Å². The number of nitrogens with one attached hydrogen (secondary N) is 1. The minimum Gasteiger partial charge on any atom is -0.497 e. The third-order valence-corrected chi connectivity index (χ3v) is 4.84. The maximum atomic E-state index is 12.3. The Bertz CT molecular complexity index is 690. The first-order chi connectivity index (χ1) is 11.7. The van der Waals surface area contributed by atoms with E-state index in [-0.39, 0.29) is 17.9 Å². The summed E-state index contributed by atoms with van der Waals surface area (Å²) in [6.07, 6.45) is 5.81. The molecule has 6 nitrogen and oxygen atoms in total. The second-order valence-electron chi connectivity index (χ2n) is 6.35. The Labute approximate surface area is 141 Å². The van der Waals surface area contributed by atoms with Crippen molar-refractivity contribution in [2.45, 2.75) is 25.7 Å². The average molecular weight is 329 g/mol. The minimum atomic E-state index is -0.175. The molecule has 0 bridgehead atoms. The fourth-order valence-electron chi connectivity index (χ4n) is 3.11. The molecule has 0 atom stereocenters. The summed E-state index contributed by atoms with van der Waals surface area (Å²) in [6.45, 7) is 0.768. The molecule has 1 aliphatic rings. The Kier molecular flexibility index (Phi) is 4.85. The van der Waals surface area contributed by atoms with Gasteiger partial charge in [0.1, 0.15) is 5.75 Å². The molecule has 3 rings (SSSR count). The summed E-state index contributed by atoms with van der Waals surface area (Å²) in [5.74, 6) is 0.602. The Morgan fingerprint density at radius 1 is 1.33 bits per heavy atom. The van der Waals surface area contributed by atoms with Crippen molar-refractivity contribution in [1.82, 2.24) is 15.1 Å². The molecule has 2 aromatic rings. The third kappa shape index (κ3) is 3.43. The number of carbonyl (C=O) groups excluding carboxylic acids is 1. The Morgan fingerprint density at radius 2 is 2.08 bits per heavy atom. The van der Waals surface area contributed by atoms with Crippen LogP contribution in [0.3, 0.4) is 0 Å². The van der Waals surface area contributed by atoms with Crippen LogP contribution in [0, 0.1) is 5.41 Å². The van der Waals surface area contributed by atoms with Crippen LogP contribution >= 0.6 is 0 Å². The van der Waals surface area contributed by atoms with Gasteiger partial charge in [-0.1, -0.05) is 6.42 Å². The number of methoxy groups -OCH3 is 1. The number of carbonyl (C=O) groups is 1. The zero-order chi connectivity index (χ0) is 17.0. The van der Waals surface area contributed by atoms with E-state index in [0.717, 1.165) is 30.7 Å². The average Bonchev–Trinajstić information content (AvgIpc) is 3.07. The number of hydrogen-bond acceptors (Lipinski definition) is 4. The smallest absolute Gasteiger partial charge is 0.271 e. The second-order valence-corrected chi connectivity index (χ2v) is 6.35. The van der Waals surface area contributed by atoms with E-state index in [1.54, 1.807) is 24.1 Å². The molecule has 1 fully saturated rings. The lowest BCUT2D eigenvalue weighted by Crippen LogP contribution is -2.42. The highest BCUT2D eigenvalue weighted by atomic mass is 16.5. The molecule has 1 heterocycles. The minimum absolute atomic E-state index is 0.0724. The second kappa shape index (κ2) is 7.05. The predicted octanol–water partition coefficient (Wildman–Crippen LogP) is 2.16. The summed E-state index contributed by atoms with van der Waals surface area (Å²) >= 11 is 0. The Hall–Kier alpha value is -2.34. The van der Waals surface area contributed by atoms with Gasteiger partial charge in [-0.25, -0.2) is 4.68 Å². The van der Waals surface area contributed by atoms with E-state index in [1.165, 1.54) is 6.42 Å². The first-order valence-electron chi connectivity index (χ1n) is 8.25. The van der Waals surface area contributed by atoms with Gasteiger partial charge in [0, 0.05) is 19.3 Å². The third-order valence-electron chi connectivity index (χ3n) is 4.84. The van der Waals surface area contributed by atoms with Gasteiger partial charge < -0.3 is 15.2 Å². The molecular formula is C18H23N3O3. The summed E-state index contributed by atoms with van der Waals surface area (Å²) in [7, 11) is 1.62. The number of nitrogens with zero attached hydrogens (tertiary/aromatic N) is 2. The Balaban J connectivity index is 1.63. The van der Waals surface area contributed by atoms with E-state index in [0.29, 0.717) is 12.2 Å². The number of rotatable bonds is 7. The van der Waals surface area contributed by atoms with Crippen molar-refractivity contribution in [3.05, 3.63) is 42.2 Å². The maximum Gasteiger partial charge on any atom is 0.271 e. The highest BCUT2D eigenvalue weighted by molar-refractivity contribution is 5.92. The van der Waals surface area contributed by atoms with Gasteiger partial charge in [-0.3, -0.25) is 4.79 Å². The van der Waals surface area contributed by atoms with Crippen LogP contribution in [0.4, 0.5) is 0 Å². The van der Waals surface area contributed by atoms with Crippen LogP contribution < -0.4 is 10.1 Å². The van der Waals surface area contributed by atoms with Gasteiger partial charge in [-0.2, -0.15) is 5.10 Å². The topological polar surface area (TPSA) is 76.4 Å². The van der Waals surface area contributed by atoms with Crippen molar-refractivity contribution in [2.24, 2.45) is 5.41 Å². The van der Waals surface area contributed by atoms with Crippen LogP contribution in [0.5, 0.6) is 5.75 Å². The lowest BCUT2D eigenvalue weighted by Gasteiger charge is -2.41. The number of amides is 1. The van der Waals surface area contributed by atoms with E-state index in [9.17, 15) is 9.90 Å². The van der Waals surface area contributed by atoms with Crippen molar-refractivity contribution in [2.75, 3.05) is 20.3 Å². The molecule has 0 radical (unpaired) electrons. The number of aromatic nitrogens is 2. The maximum absolute atomic E-state index is 12.3. The van der Waals surface area contributed by atoms with Crippen molar-refractivity contribution in [3.8, 4) is 11.4 Å². The van der Waals surface area contributed by atoms with Crippen LogP contribution in [-0.2, 0) is 0 Å². The van der Waals surface area contributed by atoms with E-state index < -0.39 is 0 Å². The number of benzene rings is 1. The first kappa shape index (κ1) is 16.5. The molecule has 0 spiro atoms. The zero-order valence-corrected chi connectivity index (χ0v) is 13.9. The molecule has 1 aromatic carbocycles. The number of ether oxygens (including phenoxy) is 1. The highest BCUT2D eigenvalue weighted by Gasteiger charge is 2.36. The highest BCUT2D eigenvalue weighted by Crippen LogP contribution is 2.43. The van der Waals surface area contributed by atoms with E-state index in [1.807, 2.05) is 24.3 Å². The summed E-state index contributed by atoms with van der Waals surface area (Å²) in [5, 5.41) is 16.5. The van der Waals surface area contributed by atoms with Crippen molar-refractivity contribution in [1.29, 1.82) is 0 Å². The molecule has 0 aliphatic heterocycles. The number of aliphatic hydroxyl groups is 1. The normalized spacial score (nSPS) is 15.6. The standard InChI is InChI=1S/C18H23N3O3/c1-24-15-5-3-14(4-6-15)21-11-7-16(20-21)17(23)19-13-18(10-12-22)8-2-9-18/h3-7,11,22H,2,8-10,12-13H2,1H3,(H,19,23). The lowest BCUT2D eigenvalue weighted by molar-refractivity contribution is 0.0729. The van der Waals surface area contributed by atoms with Crippen molar-refractivity contribution in [3.63, 3.8) is 0 Å². The van der Waals surface area contributed by atoms with Crippen LogP contribution in [0.25, 0.3) is 5.69 Å². The molecule has 6 heteroatoms. The molecule has 0 saturated heterocycles. The van der Waals surface area contributed by atoms with Gasteiger partial charge in [0.2, 0.25) is 0 Å². The molecule has 24 heavy (non-hydrogen) atoms. The first-order valence-corrected chi connectivity index (χ1v) is 8.25. The van der Waals surface area contributed by atoms with Crippen molar-refractivity contribution >= 4 is 5.91 Å². The fraction of sp³-hybridized carbons (Fsp3) is 0.444. The predicted molar refractivity (Wildman–Crippen MR) is 90.4 cm³/mol. The molecule has 0 unspecified atom stereocenters. The molecule has 128 valence electrons. The van der Waals surface area contributed by atoms with E-state index >= 15 is 0 Å².